The monoisotopic (exact) mass is 289 g/mol. The highest BCUT2D eigenvalue weighted by Crippen LogP contribution is 2.03. The molecule has 0 aliphatic rings. The molecule has 0 atom stereocenters. The second-order valence-electron chi connectivity index (χ2n) is 4.32. The van der Waals surface area contributed by atoms with E-state index in [0.717, 1.165) is 11.8 Å². The van der Waals surface area contributed by atoms with E-state index in [-0.39, 0.29) is 5.91 Å². The number of amides is 1. The molecule has 1 aromatic carbocycles. The predicted octanol–water partition coefficient (Wildman–Crippen LogP) is 2.66. The molecule has 4 nitrogen and oxygen atoms in total. The Morgan fingerprint density at radius 3 is 2.29 bits per heavy atom. The van der Waals surface area contributed by atoms with Gasteiger partial charge in [-0.3, -0.25) is 9.59 Å². The number of aldehydes is 1. The van der Waals surface area contributed by atoms with Crippen molar-refractivity contribution in [1.29, 1.82) is 0 Å². The van der Waals surface area contributed by atoms with Crippen LogP contribution in [0.15, 0.2) is 53.8 Å². The minimum absolute atomic E-state index is 0.123. The van der Waals surface area contributed by atoms with Crippen molar-refractivity contribution in [3.8, 4) is 0 Å². The first kappa shape index (κ1) is 18.8. The number of rotatable bonds is 5. The molecule has 0 radical (unpaired) electrons. The van der Waals surface area contributed by atoms with Gasteiger partial charge in [0.05, 0.1) is 6.42 Å². The van der Waals surface area contributed by atoms with Crippen molar-refractivity contribution >= 4 is 12.2 Å². The third-order valence-corrected chi connectivity index (χ3v) is 2.44. The summed E-state index contributed by atoms with van der Waals surface area (Å²) in [6.45, 7) is 3.54. The van der Waals surface area contributed by atoms with Gasteiger partial charge in [0, 0.05) is 25.5 Å². The number of methoxy groups -OCH3 is 1. The van der Waals surface area contributed by atoms with Crippen LogP contribution in [0.3, 0.4) is 0 Å². The van der Waals surface area contributed by atoms with Crippen LogP contribution in [0.1, 0.15) is 19.4 Å². The fourth-order valence-electron chi connectivity index (χ4n) is 1.54. The zero-order valence-electron chi connectivity index (χ0n) is 13.1. The number of nitrogens with one attached hydrogen (secondary N) is 1. The maximum Gasteiger partial charge on any atom is 0.228 e. The zero-order valence-corrected chi connectivity index (χ0v) is 13.1. The summed E-state index contributed by atoms with van der Waals surface area (Å²) in [4.78, 5) is 22.6. The Balaban J connectivity index is 0.00000122. The lowest BCUT2D eigenvalue weighted by Crippen LogP contribution is -2.24. The molecule has 0 bridgehead atoms. The van der Waals surface area contributed by atoms with Gasteiger partial charge in [-0.2, -0.15) is 0 Å². The van der Waals surface area contributed by atoms with Crippen LogP contribution >= 0.6 is 0 Å². The molecule has 21 heavy (non-hydrogen) atoms. The van der Waals surface area contributed by atoms with Crippen LogP contribution in [0.2, 0.25) is 0 Å². The molecule has 0 saturated carbocycles. The lowest BCUT2D eigenvalue weighted by Gasteiger charge is -2.07. The molecule has 1 aromatic rings. The van der Waals surface area contributed by atoms with Crippen molar-refractivity contribution in [1.82, 2.24) is 5.32 Å². The Kier molecular flexibility index (Phi) is 10.4. The number of hydrogen-bond acceptors (Lipinski definition) is 3. The van der Waals surface area contributed by atoms with E-state index in [1.54, 1.807) is 33.3 Å². The molecular weight excluding hydrogens is 266 g/mol. The maximum atomic E-state index is 11.8. The molecule has 1 rings (SSSR count). The molecule has 0 aromatic heterocycles. The second kappa shape index (κ2) is 11.6. The predicted molar refractivity (Wildman–Crippen MR) is 84.8 cm³/mol. The lowest BCUT2D eigenvalue weighted by atomic mass is 10.1. The highest BCUT2D eigenvalue weighted by Gasteiger charge is 2.05. The number of ether oxygens (including phenoxy) is 1. The number of benzene rings is 1. The van der Waals surface area contributed by atoms with Crippen LogP contribution in [0.5, 0.6) is 0 Å². The van der Waals surface area contributed by atoms with Gasteiger partial charge in [0.1, 0.15) is 0 Å². The Morgan fingerprint density at radius 1 is 1.24 bits per heavy atom. The standard InChI is InChI=1S/C15H17NO2.C2H6O/c1-3-7-14(11-17)12(2)16-15(18)10-13-8-5-4-6-9-13;1-3-2/h3-9,11H,10H2,1-2H3,(H,16,18);1-2H3/b7-3-,14-12-;. The number of carbonyl (C=O) groups is 2. The summed E-state index contributed by atoms with van der Waals surface area (Å²) in [5.41, 5.74) is 2.00. The molecule has 0 saturated heterocycles. The van der Waals surface area contributed by atoms with Gasteiger partial charge in [0.2, 0.25) is 5.91 Å². The van der Waals surface area contributed by atoms with Gasteiger partial charge in [-0.1, -0.05) is 42.5 Å². The normalized spacial score (nSPS) is 11.2. The Hall–Kier alpha value is -2.20. The Morgan fingerprint density at radius 2 is 1.81 bits per heavy atom. The highest BCUT2D eigenvalue weighted by atomic mass is 16.4. The molecule has 0 aliphatic heterocycles. The molecule has 0 spiro atoms. The fraction of sp³-hybridized carbons (Fsp3) is 0.294. The van der Waals surface area contributed by atoms with Crippen LogP contribution < -0.4 is 5.32 Å². The Bertz CT molecular complexity index is 490. The molecular formula is C17H23NO3. The van der Waals surface area contributed by atoms with Crippen molar-refractivity contribution in [3.63, 3.8) is 0 Å². The molecule has 1 amide bonds. The van der Waals surface area contributed by atoms with Crippen LogP contribution in [0, 0.1) is 0 Å². The van der Waals surface area contributed by atoms with Crippen molar-refractivity contribution in [2.45, 2.75) is 20.3 Å². The van der Waals surface area contributed by atoms with Crippen molar-refractivity contribution < 1.29 is 14.3 Å². The highest BCUT2D eigenvalue weighted by molar-refractivity contribution is 5.84. The number of allylic oxidation sites excluding steroid dienone is 4. The van der Waals surface area contributed by atoms with Crippen LogP contribution in [0.4, 0.5) is 0 Å². The second-order valence-corrected chi connectivity index (χ2v) is 4.32. The van der Waals surface area contributed by atoms with Crippen molar-refractivity contribution in [2.24, 2.45) is 0 Å². The topological polar surface area (TPSA) is 55.4 Å². The Labute approximate surface area is 126 Å². The first-order valence-electron chi connectivity index (χ1n) is 6.61. The van der Waals surface area contributed by atoms with E-state index in [9.17, 15) is 9.59 Å². The fourth-order valence-corrected chi connectivity index (χ4v) is 1.54. The summed E-state index contributed by atoms with van der Waals surface area (Å²) in [5, 5.41) is 2.72. The van der Waals surface area contributed by atoms with Crippen molar-refractivity contribution in [3.05, 3.63) is 59.3 Å². The van der Waals surface area contributed by atoms with Gasteiger partial charge < -0.3 is 10.1 Å². The summed E-state index contributed by atoms with van der Waals surface area (Å²) in [5.74, 6) is -0.123. The maximum absolute atomic E-state index is 11.8. The van der Waals surface area contributed by atoms with E-state index in [4.69, 9.17) is 0 Å². The summed E-state index contributed by atoms with van der Waals surface area (Å²) in [6.07, 6.45) is 4.47. The molecule has 4 heteroatoms. The van der Waals surface area contributed by atoms with Gasteiger partial charge in [0.25, 0.3) is 0 Å². The van der Waals surface area contributed by atoms with E-state index in [1.807, 2.05) is 37.3 Å². The number of carbonyl (C=O) groups excluding carboxylic acids is 2. The van der Waals surface area contributed by atoms with Gasteiger partial charge in [-0.05, 0) is 19.4 Å². The smallest absolute Gasteiger partial charge is 0.228 e. The van der Waals surface area contributed by atoms with Gasteiger partial charge >= 0.3 is 0 Å². The first-order valence-corrected chi connectivity index (χ1v) is 6.61. The summed E-state index contributed by atoms with van der Waals surface area (Å²) < 4.78 is 4.25. The van der Waals surface area contributed by atoms with E-state index in [1.165, 1.54) is 0 Å². The van der Waals surface area contributed by atoms with Gasteiger partial charge in [-0.15, -0.1) is 0 Å². The third-order valence-electron chi connectivity index (χ3n) is 2.44. The minimum atomic E-state index is -0.123. The molecule has 1 N–H and O–H groups in total. The SMILES string of the molecule is C/C=C\C(C=O)=C(/C)NC(=O)Cc1ccccc1.COC. The van der Waals surface area contributed by atoms with Crippen LogP contribution in [-0.2, 0) is 20.7 Å². The minimum Gasteiger partial charge on any atom is -0.388 e. The first-order chi connectivity index (χ1) is 10.1. The van der Waals surface area contributed by atoms with Crippen LogP contribution in [0.25, 0.3) is 0 Å². The largest absolute Gasteiger partial charge is 0.388 e. The van der Waals surface area contributed by atoms with Gasteiger partial charge in [0.15, 0.2) is 6.29 Å². The lowest BCUT2D eigenvalue weighted by molar-refractivity contribution is -0.119. The van der Waals surface area contributed by atoms with Crippen LogP contribution in [-0.4, -0.2) is 26.4 Å². The summed E-state index contributed by atoms with van der Waals surface area (Å²) >= 11 is 0. The van der Waals surface area contributed by atoms with E-state index in [2.05, 4.69) is 10.1 Å². The zero-order chi connectivity index (χ0) is 16.1. The van der Waals surface area contributed by atoms with E-state index < -0.39 is 0 Å². The average Bonchev–Trinajstić information content (AvgIpc) is 2.46. The molecule has 0 unspecified atom stereocenters. The molecule has 0 fully saturated rings. The van der Waals surface area contributed by atoms with E-state index in [0.29, 0.717) is 17.7 Å². The van der Waals surface area contributed by atoms with E-state index >= 15 is 0 Å². The average molecular weight is 289 g/mol. The molecule has 0 aliphatic carbocycles. The van der Waals surface area contributed by atoms with Crippen molar-refractivity contribution in [2.75, 3.05) is 14.2 Å². The van der Waals surface area contributed by atoms with Gasteiger partial charge in [-0.25, -0.2) is 0 Å². The quantitative estimate of drug-likeness (QED) is 0.515. The summed E-state index contributed by atoms with van der Waals surface area (Å²) in [6, 6.07) is 9.48. The number of hydrogen-bond donors (Lipinski definition) is 1. The molecule has 0 heterocycles. The third kappa shape index (κ3) is 8.55. The summed E-state index contributed by atoms with van der Waals surface area (Å²) in [7, 11) is 3.25. The molecule has 114 valence electrons.